The lowest BCUT2D eigenvalue weighted by atomic mass is 10.1. The third-order valence-electron chi connectivity index (χ3n) is 5.03. The number of ether oxygens (including phenoxy) is 1. The van der Waals surface area contributed by atoms with Crippen molar-refractivity contribution in [2.45, 2.75) is 12.6 Å². The minimum atomic E-state index is -0.685. The van der Waals surface area contributed by atoms with Crippen molar-refractivity contribution in [2.24, 2.45) is 0 Å². The molecule has 5 rings (SSSR count). The monoisotopic (exact) mass is 407 g/mol. The lowest BCUT2D eigenvalue weighted by molar-refractivity contribution is 0.0494. The minimum Gasteiger partial charge on any atom is -0.493 e. The maximum Gasteiger partial charge on any atom is 0.349 e. The second-order valence-corrected chi connectivity index (χ2v) is 6.94. The first kappa shape index (κ1) is 18.0. The molecule has 1 aromatic carbocycles. The van der Waals surface area contributed by atoms with Gasteiger partial charge in [-0.2, -0.15) is 15.0 Å². The molecule has 4 aromatic rings. The molecule has 0 spiro atoms. The van der Waals surface area contributed by atoms with Gasteiger partial charge in [0, 0.05) is 18.5 Å². The lowest BCUT2D eigenvalue weighted by Crippen LogP contribution is -2.51. The molecular weight excluding hydrogens is 390 g/mol. The number of rotatable bonds is 5. The zero-order chi connectivity index (χ0) is 20.7. The Labute approximate surface area is 169 Å². The van der Waals surface area contributed by atoms with E-state index in [-0.39, 0.29) is 17.5 Å². The Morgan fingerprint density at radius 1 is 1.27 bits per heavy atom. The predicted molar refractivity (Wildman–Crippen MR) is 103 cm³/mol. The molecule has 3 aromatic heterocycles. The van der Waals surface area contributed by atoms with Crippen LogP contribution in [0.4, 0.5) is 0 Å². The summed E-state index contributed by atoms with van der Waals surface area (Å²) in [4.78, 5) is 28.3. The van der Waals surface area contributed by atoms with Crippen molar-refractivity contribution >= 4 is 16.9 Å². The molecular formula is C19H17N7O4. The topological polar surface area (TPSA) is 121 Å². The number of para-hydroxylation sites is 1. The van der Waals surface area contributed by atoms with Gasteiger partial charge in [0.2, 0.25) is 0 Å². The molecule has 11 heteroatoms. The van der Waals surface area contributed by atoms with Crippen LogP contribution in [-0.2, 0) is 6.54 Å². The van der Waals surface area contributed by atoms with Crippen LogP contribution < -0.4 is 10.4 Å². The van der Waals surface area contributed by atoms with Crippen LogP contribution in [0.5, 0.6) is 5.75 Å². The van der Waals surface area contributed by atoms with Gasteiger partial charge in [-0.3, -0.25) is 4.79 Å². The zero-order valence-electron chi connectivity index (χ0n) is 16.0. The molecule has 0 saturated carbocycles. The number of benzene rings is 1. The van der Waals surface area contributed by atoms with Crippen LogP contribution in [0.15, 0.2) is 52.1 Å². The summed E-state index contributed by atoms with van der Waals surface area (Å²) in [6, 6.07) is 6.78. The van der Waals surface area contributed by atoms with Crippen molar-refractivity contribution in [3.63, 3.8) is 0 Å². The van der Waals surface area contributed by atoms with Crippen molar-refractivity contribution in [2.75, 3.05) is 20.2 Å². The predicted octanol–water partition coefficient (Wildman–Crippen LogP) is 0.730. The summed E-state index contributed by atoms with van der Waals surface area (Å²) in [7, 11) is 1.50. The highest BCUT2D eigenvalue weighted by Gasteiger charge is 2.34. The molecule has 1 amide bonds. The number of hydrogen-bond donors (Lipinski definition) is 0. The van der Waals surface area contributed by atoms with E-state index in [0.717, 1.165) is 5.69 Å². The zero-order valence-corrected chi connectivity index (χ0v) is 16.0. The summed E-state index contributed by atoms with van der Waals surface area (Å²) < 4.78 is 12.3. The Bertz CT molecular complexity index is 1270. The highest BCUT2D eigenvalue weighted by atomic mass is 16.5. The molecule has 11 nitrogen and oxygen atoms in total. The molecule has 0 unspecified atom stereocenters. The van der Waals surface area contributed by atoms with Gasteiger partial charge in [0.15, 0.2) is 11.3 Å². The highest BCUT2D eigenvalue weighted by molar-refractivity contribution is 5.97. The Kier molecular flexibility index (Phi) is 4.27. The van der Waals surface area contributed by atoms with Crippen LogP contribution in [0, 0.1) is 0 Å². The van der Waals surface area contributed by atoms with Gasteiger partial charge in [-0.15, -0.1) is 5.10 Å². The van der Waals surface area contributed by atoms with Crippen molar-refractivity contribution in [3.05, 3.63) is 64.5 Å². The van der Waals surface area contributed by atoms with E-state index < -0.39 is 5.63 Å². The summed E-state index contributed by atoms with van der Waals surface area (Å²) in [6.07, 6.45) is 5.01. The van der Waals surface area contributed by atoms with E-state index in [1.54, 1.807) is 46.2 Å². The fraction of sp³-hybridized carbons (Fsp3) is 0.263. The molecule has 4 heterocycles. The number of carbonyl (C=O) groups excluding carboxylic acids is 1. The maximum atomic E-state index is 12.8. The van der Waals surface area contributed by atoms with Crippen LogP contribution in [0.1, 0.15) is 22.1 Å². The number of nitrogens with zero attached hydrogens (tertiary/aromatic N) is 7. The van der Waals surface area contributed by atoms with Gasteiger partial charge in [0.25, 0.3) is 5.91 Å². The number of methoxy groups -OCH3 is 1. The molecule has 0 radical (unpaired) electrons. The number of hydrogen-bond acceptors (Lipinski definition) is 8. The van der Waals surface area contributed by atoms with E-state index in [9.17, 15) is 9.59 Å². The standard InChI is InChI=1S/C19H17N7O4/c1-29-16-4-2-3-12-7-15(19(28)30-17(12)16)18(27)24-10-14(11-24)25-8-13(22-23-25)9-26-20-5-6-21-26/h2-8,14H,9-11H2,1H3. The molecule has 0 aliphatic carbocycles. The summed E-state index contributed by atoms with van der Waals surface area (Å²) in [5.41, 5.74) is 0.360. The molecule has 30 heavy (non-hydrogen) atoms. The van der Waals surface area contributed by atoms with Gasteiger partial charge in [-0.1, -0.05) is 17.3 Å². The van der Waals surface area contributed by atoms with Gasteiger partial charge >= 0.3 is 5.63 Å². The number of fused-ring (bicyclic) bond motifs is 1. The van der Waals surface area contributed by atoms with Crippen LogP contribution in [0.2, 0.25) is 0 Å². The Morgan fingerprint density at radius 2 is 2.07 bits per heavy atom. The third-order valence-corrected chi connectivity index (χ3v) is 5.03. The number of aromatic nitrogens is 6. The minimum absolute atomic E-state index is 0.00163. The maximum absolute atomic E-state index is 12.8. The average Bonchev–Trinajstić information content (AvgIpc) is 3.38. The summed E-state index contributed by atoms with van der Waals surface area (Å²) in [5.74, 6) is 0.0747. The summed E-state index contributed by atoms with van der Waals surface area (Å²) in [6.45, 7) is 1.28. The molecule has 1 fully saturated rings. The summed E-state index contributed by atoms with van der Waals surface area (Å²) >= 11 is 0. The van der Waals surface area contributed by atoms with Gasteiger partial charge in [-0.25, -0.2) is 9.48 Å². The largest absolute Gasteiger partial charge is 0.493 e. The SMILES string of the molecule is COc1cccc2cc(C(=O)N3CC(n4cc(Cn5nccn5)nn4)C3)c(=O)oc12. The Morgan fingerprint density at radius 3 is 2.83 bits per heavy atom. The molecule has 152 valence electrons. The smallest absolute Gasteiger partial charge is 0.349 e. The first-order chi connectivity index (χ1) is 14.6. The van der Waals surface area contributed by atoms with Gasteiger partial charge in [0.05, 0.1) is 31.7 Å². The van der Waals surface area contributed by atoms with E-state index in [1.165, 1.54) is 11.9 Å². The quantitative estimate of drug-likeness (QED) is 0.444. The van der Waals surface area contributed by atoms with Crippen molar-refractivity contribution in [1.29, 1.82) is 0 Å². The number of likely N-dealkylation sites (tertiary alicyclic amines) is 1. The summed E-state index contributed by atoms with van der Waals surface area (Å²) in [5, 5.41) is 17.0. The van der Waals surface area contributed by atoms with Crippen LogP contribution in [0.3, 0.4) is 0 Å². The third kappa shape index (κ3) is 3.09. The van der Waals surface area contributed by atoms with E-state index in [0.29, 0.717) is 36.4 Å². The number of amides is 1. The van der Waals surface area contributed by atoms with Crippen molar-refractivity contribution in [3.8, 4) is 5.75 Å². The van der Waals surface area contributed by atoms with Crippen molar-refractivity contribution in [1.82, 2.24) is 34.9 Å². The lowest BCUT2D eigenvalue weighted by Gasteiger charge is -2.38. The first-order valence-corrected chi connectivity index (χ1v) is 9.27. The molecule has 1 aliphatic rings. The molecule has 0 N–H and O–H groups in total. The van der Waals surface area contributed by atoms with Crippen molar-refractivity contribution < 1.29 is 13.9 Å². The molecule has 1 saturated heterocycles. The van der Waals surface area contributed by atoms with Gasteiger partial charge < -0.3 is 14.1 Å². The number of carbonyl (C=O) groups is 1. The molecule has 0 atom stereocenters. The van der Waals surface area contributed by atoms with Crippen LogP contribution in [-0.4, -0.2) is 61.0 Å². The first-order valence-electron chi connectivity index (χ1n) is 9.27. The van der Waals surface area contributed by atoms with E-state index in [2.05, 4.69) is 20.5 Å². The van der Waals surface area contributed by atoms with E-state index in [4.69, 9.17) is 9.15 Å². The van der Waals surface area contributed by atoms with E-state index in [1.807, 2.05) is 6.20 Å². The molecule has 1 aliphatic heterocycles. The highest BCUT2D eigenvalue weighted by Crippen LogP contribution is 2.26. The Hall–Kier alpha value is -4.02. The second kappa shape index (κ2) is 7.10. The molecule has 0 bridgehead atoms. The average molecular weight is 407 g/mol. The van der Waals surface area contributed by atoms with Gasteiger partial charge in [-0.05, 0) is 12.1 Å². The second-order valence-electron chi connectivity index (χ2n) is 6.94. The normalized spacial score (nSPS) is 14.1. The fourth-order valence-electron chi connectivity index (χ4n) is 3.42. The Balaban J connectivity index is 1.29. The van der Waals surface area contributed by atoms with Crippen LogP contribution in [0.25, 0.3) is 11.0 Å². The van der Waals surface area contributed by atoms with E-state index >= 15 is 0 Å². The van der Waals surface area contributed by atoms with Gasteiger partial charge in [0.1, 0.15) is 17.8 Å². The van der Waals surface area contributed by atoms with Crippen LogP contribution >= 0.6 is 0 Å². The fourth-order valence-corrected chi connectivity index (χ4v) is 3.42.